The number of amides is 1. The van der Waals surface area contributed by atoms with Crippen molar-refractivity contribution in [2.24, 2.45) is 0 Å². The largest absolute Gasteiger partial charge is 1.00 e. The number of aliphatic carboxylic acids is 1. The predicted molar refractivity (Wildman–Crippen MR) is 76.7 cm³/mol. The zero-order chi connectivity index (χ0) is 16.0. The van der Waals surface area contributed by atoms with E-state index in [4.69, 9.17) is 10.1 Å². The Bertz CT molecular complexity index is 574. The molecular weight excluding hydrogens is 295 g/mol. The number of hydrogen-bond donors (Lipinski definition) is 2. The molecule has 112 valence electrons. The molecule has 1 rings (SSSR count). The van der Waals surface area contributed by atoms with Gasteiger partial charge < -0.3 is 14.6 Å². The fourth-order valence-electron chi connectivity index (χ4n) is 1.40. The summed E-state index contributed by atoms with van der Waals surface area (Å²) in [7, 11) is 0. The minimum atomic E-state index is -1.28. The number of amidine groups is 1. The first-order valence-electron chi connectivity index (χ1n) is 6.25. The molecule has 0 aliphatic heterocycles. The Morgan fingerprint density at radius 2 is 1.77 bits per heavy atom. The number of carboxylic acid groups (broad SMARTS) is 1. The Balaban J connectivity index is 0.00000441. The molecule has 6 nitrogen and oxygen atoms in total. The molecule has 1 aromatic rings. The van der Waals surface area contributed by atoms with Crippen LogP contribution in [0.15, 0.2) is 30.3 Å². The van der Waals surface area contributed by atoms with Crippen molar-refractivity contribution in [1.29, 1.82) is 5.41 Å². The van der Waals surface area contributed by atoms with Crippen LogP contribution >= 0.6 is 0 Å². The zero-order valence-corrected chi connectivity index (χ0v) is 15.1. The van der Waals surface area contributed by atoms with E-state index in [0.717, 1.165) is 6.08 Å². The summed E-state index contributed by atoms with van der Waals surface area (Å²) in [6.07, 6.45) is 1.59. The summed E-state index contributed by atoms with van der Waals surface area (Å²) in [6, 6.07) is 6.43. The van der Waals surface area contributed by atoms with Gasteiger partial charge in [0.2, 0.25) is 0 Å². The number of alkyl carbamates (subject to hydrolysis) is 1. The van der Waals surface area contributed by atoms with E-state index in [2.05, 4.69) is 5.32 Å². The summed E-state index contributed by atoms with van der Waals surface area (Å²) in [6.45, 7) is 5.19. The molecule has 1 aromatic carbocycles. The zero-order valence-electron chi connectivity index (χ0n) is 13.1. The van der Waals surface area contributed by atoms with E-state index in [1.807, 2.05) is 0 Å². The van der Waals surface area contributed by atoms with Gasteiger partial charge in [-0.15, -0.1) is 0 Å². The number of hydrogen-bond acceptors (Lipinski definition) is 5. The first kappa shape index (κ1) is 20.4. The monoisotopic (exact) mass is 312 g/mol. The third kappa shape index (κ3) is 7.97. The average molecular weight is 312 g/mol. The first-order valence-corrected chi connectivity index (χ1v) is 6.25. The van der Waals surface area contributed by atoms with Gasteiger partial charge in [-0.2, -0.15) is 0 Å². The second-order valence-electron chi connectivity index (χ2n) is 5.28. The average Bonchev–Trinajstić information content (AvgIpc) is 2.34. The summed E-state index contributed by atoms with van der Waals surface area (Å²) in [4.78, 5) is 21.8. The standard InChI is InChI=1S/C15H18N2O4.Na/c1-15(2,3)21-14(20)17-13(16)11-7-4-10(5-8-11)6-9-12(18)19;/h4-9H,1-3H3,(H,18,19)(H2,16,17,20);/q;+1/p-1. The SMILES string of the molecule is CC(C)(C)OC(=O)NC(=N)c1ccc(C=CC(=O)[O-])cc1.[Na+]. The molecule has 0 saturated carbocycles. The molecule has 1 amide bonds. The topological polar surface area (TPSA) is 102 Å². The minimum Gasteiger partial charge on any atom is -0.545 e. The van der Waals surface area contributed by atoms with Crippen molar-refractivity contribution >= 4 is 24.0 Å². The smallest absolute Gasteiger partial charge is 0.545 e. The number of nitrogens with one attached hydrogen (secondary N) is 2. The Morgan fingerprint density at radius 1 is 1.23 bits per heavy atom. The summed E-state index contributed by atoms with van der Waals surface area (Å²) in [5.41, 5.74) is 0.489. The van der Waals surface area contributed by atoms with Gasteiger partial charge in [0.15, 0.2) is 0 Å². The van der Waals surface area contributed by atoms with Crippen LogP contribution in [-0.2, 0) is 9.53 Å². The van der Waals surface area contributed by atoms with E-state index >= 15 is 0 Å². The summed E-state index contributed by atoms with van der Waals surface area (Å²) in [5, 5.41) is 20.4. The van der Waals surface area contributed by atoms with Crippen molar-refractivity contribution in [1.82, 2.24) is 5.32 Å². The van der Waals surface area contributed by atoms with E-state index < -0.39 is 17.7 Å². The van der Waals surface area contributed by atoms with Crippen LogP contribution in [0.2, 0.25) is 0 Å². The van der Waals surface area contributed by atoms with E-state index in [0.29, 0.717) is 11.1 Å². The fraction of sp³-hybridized carbons (Fsp3) is 0.267. The number of carbonyl (C=O) groups excluding carboxylic acids is 2. The second-order valence-corrected chi connectivity index (χ2v) is 5.28. The molecule has 0 unspecified atom stereocenters. The van der Waals surface area contributed by atoms with E-state index in [1.54, 1.807) is 45.0 Å². The van der Waals surface area contributed by atoms with Crippen molar-refractivity contribution < 1.29 is 49.0 Å². The Kier molecular flexibility index (Phi) is 8.08. The molecule has 0 aliphatic carbocycles. The minimum absolute atomic E-state index is 0. The normalized spacial score (nSPS) is 10.7. The number of carbonyl (C=O) groups is 2. The number of benzene rings is 1. The molecule has 0 saturated heterocycles. The summed E-state index contributed by atoms with van der Waals surface area (Å²) >= 11 is 0. The number of ether oxygens (including phenoxy) is 1. The molecule has 0 bridgehead atoms. The molecule has 0 heterocycles. The van der Waals surface area contributed by atoms with E-state index in [1.165, 1.54) is 6.08 Å². The maximum absolute atomic E-state index is 11.5. The van der Waals surface area contributed by atoms with E-state index in [9.17, 15) is 14.7 Å². The second kappa shape index (κ2) is 8.73. The number of rotatable bonds is 3. The van der Waals surface area contributed by atoms with E-state index in [-0.39, 0.29) is 35.4 Å². The van der Waals surface area contributed by atoms with Gasteiger partial charge in [0.1, 0.15) is 11.4 Å². The van der Waals surface area contributed by atoms with Gasteiger partial charge in [-0.05, 0) is 32.4 Å². The Hall–Kier alpha value is -1.63. The molecule has 0 fully saturated rings. The third-order valence-electron chi connectivity index (χ3n) is 2.24. The van der Waals surface area contributed by atoms with Gasteiger partial charge in [0.05, 0.1) is 5.97 Å². The van der Waals surface area contributed by atoms with Crippen LogP contribution < -0.4 is 40.0 Å². The van der Waals surface area contributed by atoms with Crippen molar-refractivity contribution in [2.45, 2.75) is 26.4 Å². The molecule has 22 heavy (non-hydrogen) atoms. The molecule has 0 spiro atoms. The van der Waals surface area contributed by atoms with Crippen LogP contribution in [0.1, 0.15) is 31.9 Å². The van der Waals surface area contributed by atoms with Crippen molar-refractivity contribution in [2.75, 3.05) is 0 Å². The fourth-order valence-corrected chi connectivity index (χ4v) is 1.40. The van der Waals surface area contributed by atoms with Gasteiger partial charge in [-0.1, -0.05) is 30.3 Å². The molecular formula is C15H17N2NaO4. The van der Waals surface area contributed by atoms with Gasteiger partial charge in [-0.25, -0.2) is 4.79 Å². The molecule has 0 aromatic heterocycles. The first-order chi connectivity index (χ1) is 9.67. The van der Waals surface area contributed by atoms with Crippen molar-refractivity contribution in [3.63, 3.8) is 0 Å². The Labute approximate surface area is 151 Å². The van der Waals surface area contributed by atoms with Crippen LogP contribution in [0.5, 0.6) is 0 Å². The van der Waals surface area contributed by atoms with Crippen molar-refractivity contribution in [3.05, 3.63) is 41.5 Å². The van der Waals surface area contributed by atoms with Gasteiger partial charge >= 0.3 is 35.7 Å². The summed E-state index contributed by atoms with van der Waals surface area (Å²) < 4.78 is 5.04. The van der Waals surface area contributed by atoms with Crippen LogP contribution in [0.3, 0.4) is 0 Å². The maximum Gasteiger partial charge on any atom is 1.00 e. The van der Waals surface area contributed by atoms with Crippen molar-refractivity contribution in [3.8, 4) is 0 Å². The molecule has 0 radical (unpaired) electrons. The molecule has 2 N–H and O–H groups in total. The molecule has 0 aliphatic rings. The van der Waals surface area contributed by atoms with Crippen LogP contribution in [0.4, 0.5) is 4.79 Å². The Morgan fingerprint density at radius 3 is 2.23 bits per heavy atom. The molecule has 0 atom stereocenters. The molecule has 7 heteroatoms. The van der Waals surface area contributed by atoms with Gasteiger partial charge in [0.25, 0.3) is 0 Å². The van der Waals surface area contributed by atoms with Crippen LogP contribution in [0, 0.1) is 5.41 Å². The van der Waals surface area contributed by atoms with Gasteiger partial charge in [0, 0.05) is 5.56 Å². The van der Waals surface area contributed by atoms with Gasteiger partial charge in [-0.3, -0.25) is 10.7 Å². The maximum atomic E-state index is 11.5. The third-order valence-corrected chi connectivity index (χ3v) is 2.24. The summed E-state index contributed by atoms with van der Waals surface area (Å²) in [5.74, 6) is -1.38. The van der Waals surface area contributed by atoms with Crippen LogP contribution in [-0.4, -0.2) is 23.5 Å². The predicted octanol–water partition coefficient (Wildman–Crippen LogP) is -1.70. The van der Waals surface area contributed by atoms with Crippen LogP contribution in [0.25, 0.3) is 6.08 Å². The number of carboxylic acids is 1. The quantitative estimate of drug-likeness (QED) is 0.301.